The van der Waals surface area contributed by atoms with Crippen LogP contribution < -0.4 is 16.4 Å². The first-order valence-electron chi connectivity index (χ1n) is 10.7. The Morgan fingerprint density at radius 1 is 1.14 bits per heavy atom. The third-order valence-corrected chi connectivity index (χ3v) is 6.59. The van der Waals surface area contributed by atoms with Gasteiger partial charge in [0.25, 0.3) is 5.91 Å². The molecule has 1 atom stereocenters. The predicted molar refractivity (Wildman–Crippen MR) is 138 cm³/mol. The molecule has 2 aromatic heterocycles. The number of amides is 1. The third-order valence-electron chi connectivity index (χ3n) is 4.59. The number of carbonyl (C=O) groups is 3. The number of nitrogen functional groups attached to an aromatic ring is 1. The Labute approximate surface area is 219 Å². The number of hydrogen-bond acceptors (Lipinski definition) is 9. The lowest BCUT2D eigenvalue weighted by Crippen LogP contribution is -2.39. The number of nitrogens with one attached hydrogen (secondary N) is 2. The van der Waals surface area contributed by atoms with Crippen molar-refractivity contribution in [1.29, 1.82) is 0 Å². The van der Waals surface area contributed by atoms with Crippen molar-refractivity contribution in [2.45, 2.75) is 26.1 Å². The van der Waals surface area contributed by atoms with Gasteiger partial charge in [-0.25, -0.2) is 9.78 Å². The summed E-state index contributed by atoms with van der Waals surface area (Å²) in [5, 5.41) is 15.7. The van der Waals surface area contributed by atoms with Crippen LogP contribution in [-0.4, -0.2) is 65.5 Å². The molecule has 0 saturated carbocycles. The lowest BCUT2D eigenvalue weighted by Gasteiger charge is -2.18. The Hall–Kier alpha value is -3.49. The number of likely N-dealkylation sites (N-methyl/N-ethyl adjacent to an activating group) is 1. The Morgan fingerprint density at radius 3 is 2.22 bits per heavy atom. The molecule has 0 aliphatic heterocycles. The molecular weight excluding hydrogens is 531 g/mol. The maximum atomic E-state index is 12.7. The predicted octanol–water partition coefficient (Wildman–Crippen LogP) is 4.38. The van der Waals surface area contributed by atoms with Crippen molar-refractivity contribution in [1.82, 2.24) is 15.2 Å². The average Bonchev–Trinajstić information content (AvgIpc) is 3.38. The van der Waals surface area contributed by atoms with Gasteiger partial charge in [-0.15, -0.1) is 11.3 Å². The number of ketones is 1. The molecule has 0 spiro atoms. The van der Waals surface area contributed by atoms with E-state index in [0.717, 1.165) is 17.8 Å². The molecule has 1 aromatic carbocycles. The van der Waals surface area contributed by atoms with E-state index in [1.807, 2.05) is 44.3 Å². The number of nitrogens with zero attached hydrogens (tertiary/aromatic N) is 2. The van der Waals surface area contributed by atoms with Gasteiger partial charge >= 0.3 is 12.1 Å². The molecule has 0 saturated heterocycles. The van der Waals surface area contributed by atoms with Crippen LogP contribution in [-0.2, 0) is 4.79 Å². The molecule has 0 bridgehead atoms. The molecule has 1 amide bonds. The number of carbonyl (C=O) groups excluding carboxylic acids is 2. The Morgan fingerprint density at radius 2 is 1.73 bits per heavy atom. The zero-order valence-electron chi connectivity index (χ0n) is 20.3. The molecule has 0 unspecified atom stereocenters. The lowest BCUT2D eigenvalue weighted by molar-refractivity contribution is -0.192. The van der Waals surface area contributed by atoms with Crippen LogP contribution in [0, 0.1) is 6.92 Å². The summed E-state index contributed by atoms with van der Waals surface area (Å²) in [6, 6.07) is 9.05. The van der Waals surface area contributed by atoms with E-state index >= 15 is 0 Å². The van der Waals surface area contributed by atoms with Crippen LogP contribution in [0.1, 0.15) is 37.4 Å². The molecule has 3 rings (SSSR count). The number of alkyl halides is 3. The lowest BCUT2D eigenvalue weighted by atomic mass is 10.2. The standard InChI is InChI=1S/C21H25N5O2S2.C2HF3O2/c1-12-9-10-29-17(12)16(27)18-19(22)25-21(30-18)24-15-7-5-14(6-8-15)20(28)23-13(2)11-26(3)4;3-2(4,5)1(6)7/h5-10,13H,11,22H2,1-4H3,(H,23,28)(H,24,25);(H,6,7)/t13-;/m1./s1. The second-order valence-electron chi connectivity index (χ2n) is 8.14. The first-order valence-corrected chi connectivity index (χ1v) is 12.4. The monoisotopic (exact) mass is 557 g/mol. The summed E-state index contributed by atoms with van der Waals surface area (Å²) in [6.45, 7) is 4.64. The molecule has 3 aromatic rings. The summed E-state index contributed by atoms with van der Waals surface area (Å²) < 4.78 is 31.7. The van der Waals surface area contributed by atoms with Crippen LogP contribution in [0.2, 0.25) is 0 Å². The zero-order valence-corrected chi connectivity index (χ0v) is 22.0. The molecule has 37 heavy (non-hydrogen) atoms. The Bertz CT molecular complexity index is 1240. The van der Waals surface area contributed by atoms with Crippen LogP contribution >= 0.6 is 22.7 Å². The van der Waals surface area contributed by atoms with Gasteiger partial charge in [-0.1, -0.05) is 11.3 Å². The summed E-state index contributed by atoms with van der Waals surface area (Å²) in [5.74, 6) is -2.77. The van der Waals surface area contributed by atoms with Gasteiger partial charge in [0.1, 0.15) is 10.7 Å². The van der Waals surface area contributed by atoms with Crippen LogP contribution in [0.5, 0.6) is 0 Å². The molecule has 0 fully saturated rings. The smallest absolute Gasteiger partial charge is 0.475 e. The van der Waals surface area contributed by atoms with Crippen molar-refractivity contribution in [3.05, 3.63) is 56.6 Å². The molecule has 5 N–H and O–H groups in total. The number of aryl methyl sites for hydroxylation is 1. The van der Waals surface area contributed by atoms with Crippen molar-refractivity contribution in [2.24, 2.45) is 0 Å². The number of aromatic nitrogens is 1. The van der Waals surface area contributed by atoms with Gasteiger partial charge in [0, 0.05) is 23.8 Å². The zero-order chi connectivity index (χ0) is 27.9. The van der Waals surface area contributed by atoms with E-state index in [1.165, 1.54) is 22.7 Å². The molecule has 0 aliphatic carbocycles. The quantitative estimate of drug-likeness (QED) is 0.300. The number of thiazole rings is 1. The van der Waals surface area contributed by atoms with Crippen molar-refractivity contribution in [2.75, 3.05) is 31.7 Å². The second-order valence-corrected chi connectivity index (χ2v) is 10.1. The fourth-order valence-electron chi connectivity index (χ4n) is 2.99. The highest BCUT2D eigenvalue weighted by Crippen LogP contribution is 2.31. The number of aliphatic carboxylic acids is 1. The van der Waals surface area contributed by atoms with E-state index in [9.17, 15) is 22.8 Å². The average molecular weight is 558 g/mol. The summed E-state index contributed by atoms with van der Waals surface area (Å²) in [6.07, 6.45) is -5.08. The summed E-state index contributed by atoms with van der Waals surface area (Å²) >= 11 is 2.62. The summed E-state index contributed by atoms with van der Waals surface area (Å²) in [7, 11) is 3.93. The van der Waals surface area contributed by atoms with Crippen molar-refractivity contribution in [3.8, 4) is 0 Å². The van der Waals surface area contributed by atoms with Gasteiger partial charge in [0.05, 0.1) is 4.88 Å². The normalized spacial score (nSPS) is 11.9. The van der Waals surface area contributed by atoms with Crippen molar-refractivity contribution >= 4 is 57.0 Å². The minimum absolute atomic E-state index is 0.0477. The van der Waals surface area contributed by atoms with Crippen LogP contribution in [0.4, 0.5) is 29.8 Å². The number of carboxylic acid groups (broad SMARTS) is 1. The first-order chi connectivity index (χ1) is 17.2. The number of hydrogen-bond donors (Lipinski definition) is 4. The maximum absolute atomic E-state index is 12.7. The third kappa shape index (κ3) is 8.84. The molecule has 2 heterocycles. The van der Waals surface area contributed by atoms with Gasteiger partial charge in [-0.3, -0.25) is 9.59 Å². The van der Waals surface area contributed by atoms with Gasteiger partial charge < -0.3 is 26.4 Å². The van der Waals surface area contributed by atoms with E-state index in [1.54, 1.807) is 24.3 Å². The van der Waals surface area contributed by atoms with Gasteiger partial charge in [-0.2, -0.15) is 13.2 Å². The minimum atomic E-state index is -5.08. The number of thiophene rings is 1. The number of carboxylic acids is 1. The Balaban J connectivity index is 0.000000604. The summed E-state index contributed by atoms with van der Waals surface area (Å²) in [5.41, 5.74) is 8.25. The topological polar surface area (TPSA) is 138 Å². The second kappa shape index (κ2) is 12.7. The molecule has 200 valence electrons. The van der Waals surface area contributed by atoms with Gasteiger partial charge in [0.2, 0.25) is 5.78 Å². The highest BCUT2D eigenvalue weighted by atomic mass is 32.1. The van der Waals surface area contributed by atoms with E-state index in [0.29, 0.717) is 20.4 Å². The number of nitrogens with two attached hydrogens (primary N) is 1. The highest BCUT2D eigenvalue weighted by molar-refractivity contribution is 7.19. The Kier molecular flexibility index (Phi) is 10.2. The maximum Gasteiger partial charge on any atom is 0.490 e. The fraction of sp³-hybridized carbons (Fsp3) is 0.304. The largest absolute Gasteiger partial charge is 0.490 e. The van der Waals surface area contributed by atoms with Crippen molar-refractivity contribution < 1.29 is 32.7 Å². The van der Waals surface area contributed by atoms with Crippen LogP contribution in [0.25, 0.3) is 0 Å². The molecule has 14 heteroatoms. The van der Waals surface area contributed by atoms with E-state index in [-0.39, 0.29) is 23.6 Å². The van der Waals surface area contributed by atoms with Gasteiger partial charge in [0.15, 0.2) is 5.13 Å². The van der Waals surface area contributed by atoms with Crippen molar-refractivity contribution in [3.63, 3.8) is 0 Å². The SMILES string of the molecule is Cc1ccsc1C(=O)c1sc(Nc2ccc(C(=O)N[C@H](C)CN(C)C)cc2)nc1N.O=C(O)C(F)(F)F. The molecule has 0 radical (unpaired) electrons. The van der Waals surface area contributed by atoms with E-state index < -0.39 is 12.1 Å². The van der Waals surface area contributed by atoms with Crippen LogP contribution in [0.3, 0.4) is 0 Å². The molecule has 0 aliphatic rings. The summed E-state index contributed by atoms with van der Waals surface area (Å²) in [4.78, 5) is 41.4. The molecule has 9 nitrogen and oxygen atoms in total. The van der Waals surface area contributed by atoms with Crippen LogP contribution in [0.15, 0.2) is 35.7 Å². The van der Waals surface area contributed by atoms with Gasteiger partial charge in [-0.05, 0) is 69.2 Å². The number of halogens is 3. The number of anilines is 3. The fourth-order valence-corrected chi connectivity index (χ4v) is 4.77. The number of rotatable bonds is 8. The molecular formula is C23H26F3N5O4S2. The van der Waals surface area contributed by atoms with E-state index in [4.69, 9.17) is 15.6 Å². The first kappa shape index (κ1) is 29.7. The number of benzene rings is 1. The highest BCUT2D eigenvalue weighted by Gasteiger charge is 2.38. The van der Waals surface area contributed by atoms with E-state index in [2.05, 4.69) is 15.6 Å². The minimum Gasteiger partial charge on any atom is -0.475 e.